The molecule has 1 aromatic heterocycles. The Morgan fingerprint density at radius 1 is 1.40 bits per heavy atom. The quantitative estimate of drug-likeness (QED) is 0.911. The van der Waals surface area contributed by atoms with Crippen LogP contribution in [-0.2, 0) is 13.1 Å². The van der Waals surface area contributed by atoms with E-state index in [1.165, 1.54) is 28.3 Å². The molecule has 1 aliphatic heterocycles. The zero-order valence-corrected chi connectivity index (χ0v) is 12.7. The highest BCUT2D eigenvalue weighted by Gasteiger charge is 2.19. The predicted molar refractivity (Wildman–Crippen MR) is 83.9 cm³/mol. The standard InChI is InChI=1S/C16H21N3S/c1-2-8-19-12-17-10-13(19)11-18-15-7-9-20-16-6-4-3-5-14(15)16/h3-6,10,12,15,18H,2,7-9,11H2,1H3. The highest BCUT2D eigenvalue weighted by atomic mass is 32.2. The summed E-state index contributed by atoms with van der Waals surface area (Å²) >= 11 is 1.97. The molecule has 2 aromatic rings. The number of nitrogens with one attached hydrogen (secondary N) is 1. The van der Waals surface area contributed by atoms with Gasteiger partial charge in [-0.2, -0.15) is 0 Å². The van der Waals surface area contributed by atoms with Gasteiger partial charge in [0, 0.05) is 30.2 Å². The molecule has 0 amide bonds. The SMILES string of the molecule is CCCn1cncc1CNC1CCSc2ccccc21. The lowest BCUT2D eigenvalue weighted by molar-refractivity contribution is 0.493. The van der Waals surface area contributed by atoms with Crippen molar-refractivity contribution in [2.75, 3.05) is 5.75 Å². The van der Waals surface area contributed by atoms with E-state index in [-0.39, 0.29) is 0 Å². The summed E-state index contributed by atoms with van der Waals surface area (Å²) in [5, 5.41) is 3.70. The van der Waals surface area contributed by atoms with E-state index in [9.17, 15) is 0 Å². The summed E-state index contributed by atoms with van der Waals surface area (Å²) in [4.78, 5) is 5.70. The Labute approximate surface area is 124 Å². The maximum absolute atomic E-state index is 4.27. The van der Waals surface area contributed by atoms with Gasteiger partial charge < -0.3 is 9.88 Å². The van der Waals surface area contributed by atoms with Gasteiger partial charge in [-0.1, -0.05) is 25.1 Å². The van der Waals surface area contributed by atoms with Gasteiger partial charge in [-0.3, -0.25) is 0 Å². The van der Waals surface area contributed by atoms with Crippen LogP contribution in [-0.4, -0.2) is 15.3 Å². The lowest BCUT2D eigenvalue weighted by atomic mass is 10.0. The van der Waals surface area contributed by atoms with E-state index in [4.69, 9.17) is 0 Å². The first kappa shape index (κ1) is 13.7. The van der Waals surface area contributed by atoms with Crippen LogP contribution in [0.4, 0.5) is 0 Å². The van der Waals surface area contributed by atoms with Crippen molar-refractivity contribution in [2.24, 2.45) is 0 Å². The average molecular weight is 287 g/mol. The molecule has 2 heterocycles. The molecule has 0 aliphatic carbocycles. The van der Waals surface area contributed by atoms with E-state index in [0.29, 0.717) is 6.04 Å². The monoisotopic (exact) mass is 287 g/mol. The fourth-order valence-electron chi connectivity index (χ4n) is 2.72. The number of fused-ring (bicyclic) bond motifs is 1. The average Bonchev–Trinajstić information content (AvgIpc) is 2.93. The summed E-state index contributed by atoms with van der Waals surface area (Å²) < 4.78 is 2.25. The third-order valence-electron chi connectivity index (χ3n) is 3.75. The van der Waals surface area contributed by atoms with Gasteiger partial charge in [0.1, 0.15) is 0 Å². The van der Waals surface area contributed by atoms with E-state index in [1.54, 1.807) is 0 Å². The molecule has 0 saturated heterocycles. The van der Waals surface area contributed by atoms with Crippen molar-refractivity contribution in [3.05, 3.63) is 48.0 Å². The topological polar surface area (TPSA) is 29.9 Å². The van der Waals surface area contributed by atoms with E-state index in [0.717, 1.165) is 19.5 Å². The molecular formula is C16H21N3S. The van der Waals surface area contributed by atoms with Crippen LogP contribution in [0.15, 0.2) is 41.7 Å². The number of imidazole rings is 1. The second-order valence-corrected chi connectivity index (χ2v) is 6.32. The van der Waals surface area contributed by atoms with Gasteiger partial charge in [0.05, 0.1) is 12.0 Å². The first-order chi connectivity index (χ1) is 9.88. The number of thioether (sulfide) groups is 1. The van der Waals surface area contributed by atoms with E-state index in [1.807, 2.05) is 24.3 Å². The Bertz CT molecular complexity index is 564. The number of rotatable bonds is 5. The molecule has 1 aromatic carbocycles. The summed E-state index contributed by atoms with van der Waals surface area (Å²) in [6, 6.07) is 9.22. The number of hydrogen-bond donors (Lipinski definition) is 1. The number of hydrogen-bond acceptors (Lipinski definition) is 3. The predicted octanol–water partition coefficient (Wildman–Crippen LogP) is 3.62. The molecule has 4 heteroatoms. The highest BCUT2D eigenvalue weighted by Crippen LogP contribution is 2.35. The van der Waals surface area contributed by atoms with Gasteiger partial charge in [-0.05, 0) is 30.2 Å². The largest absolute Gasteiger partial charge is 0.333 e. The van der Waals surface area contributed by atoms with Crippen molar-refractivity contribution in [1.82, 2.24) is 14.9 Å². The second-order valence-electron chi connectivity index (χ2n) is 5.19. The highest BCUT2D eigenvalue weighted by molar-refractivity contribution is 7.99. The van der Waals surface area contributed by atoms with Crippen LogP contribution >= 0.6 is 11.8 Å². The molecule has 3 nitrogen and oxygen atoms in total. The lowest BCUT2D eigenvalue weighted by Gasteiger charge is -2.26. The van der Waals surface area contributed by atoms with Crippen molar-refractivity contribution in [2.45, 2.75) is 43.8 Å². The Kier molecular flexibility index (Phi) is 4.43. The molecule has 0 spiro atoms. The zero-order chi connectivity index (χ0) is 13.8. The normalized spacial score (nSPS) is 17.9. The van der Waals surface area contributed by atoms with Gasteiger partial charge in [-0.25, -0.2) is 4.98 Å². The molecule has 0 fully saturated rings. The minimum Gasteiger partial charge on any atom is -0.333 e. The first-order valence-electron chi connectivity index (χ1n) is 7.32. The molecule has 1 atom stereocenters. The molecule has 1 N–H and O–H groups in total. The van der Waals surface area contributed by atoms with Crippen LogP contribution < -0.4 is 5.32 Å². The number of aromatic nitrogens is 2. The third kappa shape index (κ3) is 2.91. The Morgan fingerprint density at radius 2 is 2.30 bits per heavy atom. The second kappa shape index (κ2) is 6.46. The fourth-order valence-corrected chi connectivity index (χ4v) is 3.84. The summed E-state index contributed by atoms with van der Waals surface area (Å²) in [5.74, 6) is 1.20. The maximum atomic E-state index is 4.27. The molecule has 0 bridgehead atoms. The van der Waals surface area contributed by atoms with Gasteiger partial charge in [0.25, 0.3) is 0 Å². The molecule has 3 rings (SSSR count). The van der Waals surface area contributed by atoms with E-state index in [2.05, 4.69) is 46.1 Å². The Balaban J connectivity index is 1.69. The minimum absolute atomic E-state index is 0.470. The maximum Gasteiger partial charge on any atom is 0.0948 e. The molecule has 0 radical (unpaired) electrons. The Hall–Kier alpha value is -1.26. The smallest absolute Gasteiger partial charge is 0.0948 e. The van der Waals surface area contributed by atoms with Crippen molar-refractivity contribution >= 4 is 11.8 Å². The van der Waals surface area contributed by atoms with Crippen molar-refractivity contribution in [3.8, 4) is 0 Å². The van der Waals surface area contributed by atoms with Gasteiger partial charge in [0.15, 0.2) is 0 Å². The summed E-state index contributed by atoms with van der Waals surface area (Å²) in [6.07, 6.45) is 6.26. The van der Waals surface area contributed by atoms with Crippen molar-refractivity contribution in [1.29, 1.82) is 0 Å². The third-order valence-corrected chi connectivity index (χ3v) is 4.87. The first-order valence-corrected chi connectivity index (χ1v) is 8.31. The van der Waals surface area contributed by atoms with Crippen LogP contribution in [0, 0.1) is 0 Å². The van der Waals surface area contributed by atoms with Crippen LogP contribution in [0.5, 0.6) is 0 Å². The van der Waals surface area contributed by atoms with E-state index < -0.39 is 0 Å². The minimum atomic E-state index is 0.470. The number of nitrogens with zero attached hydrogens (tertiary/aromatic N) is 2. The van der Waals surface area contributed by atoms with Gasteiger partial charge in [-0.15, -0.1) is 11.8 Å². The van der Waals surface area contributed by atoms with E-state index >= 15 is 0 Å². The van der Waals surface area contributed by atoms with Crippen LogP contribution in [0.1, 0.15) is 37.1 Å². The zero-order valence-electron chi connectivity index (χ0n) is 11.9. The van der Waals surface area contributed by atoms with Crippen molar-refractivity contribution in [3.63, 3.8) is 0 Å². The van der Waals surface area contributed by atoms with Gasteiger partial charge >= 0.3 is 0 Å². The number of benzene rings is 1. The van der Waals surface area contributed by atoms with Crippen LogP contribution in [0.2, 0.25) is 0 Å². The summed E-state index contributed by atoms with van der Waals surface area (Å²) in [6.45, 7) is 4.14. The van der Waals surface area contributed by atoms with Crippen LogP contribution in [0.3, 0.4) is 0 Å². The molecule has 0 saturated carbocycles. The summed E-state index contributed by atoms with van der Waals surface area (Å²) in [7, 11) is 0. The molecule has 20 heavy (non-hydrogen) atoms. The molecule has 1 aliphatic rings. The Morgan fingerprint density at radius 3 is 3.20 bits per heavy atom. The summed E-state index contributed by atoms with van der Waals surface area (Å²) in [5.41, 5.74) is 2.73. The fraction of sp³-hybridized carbons (Fsp3) is 0.438. The van der Waals surface area contributed by atoms with Crippen LogP contribution in [0.25, 0.3) is 0 Å². The lowest BCUT2D eigenvalue weighted by Crippen LogP contribution is -2.25. The molecular weight excluding hydrogens is 266 g/mol. The van der Waals surface area contributed by atoms with Crippen molar-refractivity contribution < 1.29 is 0 Å². The molecule has 106 valence electrons. The number of aryl methyl sites for hydroxylation is 1. The van der Waals surface area contributed by atoms with Gasteiger partial charge in [0.2, 0.25) is 0 Å². The molecule has 1 unspecified atom stereocenters.